The highest BCUT2D eigenvalue weighted by molar-refractivity contribution is 8.01. The molecule has 0 aromatic heterocycles. The molecule has 1 aromatic carbocycles. The van der Waals surface area contributed by atoms with Crippen molar-refractivity contribution >= 4 is 17.7 Å². The third-order valence-corrected chi connectivity index (χ3v) is 3.65. The zero-order valence-corrected chi connectivity index (χ0v) is 11.4. The molecule has 0 amide bonds. The molecule has 1 aromatic rings. The first-order valence-electron chi connectivity index (χ1n) is 5.52. The van der Waals surface area contributed by atoms with E-state index < -0.39 is 4.75 Å². The van der Waals surface area contributed by atoms with Crippen LogP contribution in [0.15, 0.2) is 23.1 Å². The van der Waals surface area contributed by atoms with Crippen molar-refractivity contribution in [3.8, 4) is 5.75 Å². The Kier molecular flexibility index (Phi) is 4.46. The number of carbonyl (C=O) groups is 1. The van der Waals surface area contributed by atoms with Crippen LogP contribution < -0.4 is 0 Å². The van der Waals surface area contributed by atoms with E-state index in [1.165, 1.54) is 11.8 Å². The van der Waals surface area contributed by atoms with Crippen molar-refractivity contribution in [2.24, 2.45) is 0 Å². The second kappa shape index (κ2) is 5.45. The second-order valence-electron chi connectivity index (χ2n) is 4.28. The number of phenolic OH excluding ortho intramolecular Hbond substituents is 1. The van der Waals surface area contributed by atoms with Crippen LogP contribution in [-0.2, 0) is 9.53 Å². The lowest BCUT2D eigenvalue weighted by atomic mass is 10.2. The zero-order chi connectivity index (χ0) is 13.1. The first-order chi connectivity index (χ1) is 7.86. The third kappa shape index (κ3) is 3.66. The largest absolute Gasteiger partial charge is 0.508 e. The fourth-order valence-corrected chi connectivity index (χ4v) is 2.42. The van der Waals surface area contributed by atoms with Crippen LogP contribution >= 0.6 is 11.8 Å². The van der Waals surface area contributed by atoms with E-state index in [4.69, 9.17) is 4.74 Å². The minimum Gasteiger partial charge on any atom is -0.508 e. The molecule has 3 nitrogen and oxygen atoms in total. The first-order valence-corrected chi connectivity index (χ1v) is 6.34. The van der Waals surface area contributed by atoms with Crippen molar-refractivity contribution in [2.75, 3.05) is 6.61 Å². The molecule has 0 unspecified atom stereocenters. The number of phenols is 1. The molecular formula is C13H18O3S. The average molecular weight is 254 g/mol. The van der Waals surface area contributed by atoms with E-state index in [1.54, 1.807) is 19.1 Å². The van der Waals surface area contributed by atoms with E-state index in [0.717, 1.165) is 10.5 Å². The summed E-state index contributed by atoms with van der Waals surface area (Å²) in [7, 11) is 0. The number of carbonyl (C=O) groups excluding carboxylic acids is 1. The molecule has 0 spiro atoms. The van der Waals surface area contributed by atoms with E-state index >= 15 is 0 Å². The minimum absolute atomic E-state index is 0.225. The van der Waals surface area contributed by atoms with Gasteiger partial charge < -0.3 is 9.84 Å². The van der Waals surface area contributed by atoms with Crippen LogP contribution in [0.5, 0.6) is 5.75 Å². The minimum atomic E-state index is -0.627. The highest BCUT2D eigenvalue weighted by atomic mass is 32.2. The van der Waals surface area contributed by atoms with Crippen molar-refractivity contribution in [1.82, 2.24) is 0 Å². The Morgan fingerprint density at radius 1 is 1.47 bits per heavy atom. The number of rotatable bonds is 4. The average Bonchev–Trinajstić information content (AvgIpc) is 2.22. The Morgan fingerprint density at radius 2 is 2.12 bits per heavy atom. The topological polar surface area (TPSA) is 46.5 Å². The molecule has 0 radical (unpaired) electrons. The van der Waals surface area contributed by atoms with E-state index in [9.17, 15) is 9.90 Å². The van der Waals surface area contributed by atoms with Crippen LogP contribution in [0.25, 0.3) is 0 Å². The van der Waals surface area contributed by atoms with Crippen molar-refractivity contribution in [2.45, 2.75) is 37.3 Å². The van der Waals surface area contributed by atoms with Gasteiger partial charge in [-0.1, -0.05) is 0 Å². The van der Waals surface area contributed by atoms with Gasteiger partial charge in [0.2, 0.25) is 0 Å². The quantitative estimate of drug-likeness (QED) is 0.662. The van der Waals surface area contributed by atoms with Gasteiger partial charge in [0, 0.05) is 4.90 Å². The van der Waals surface area contributed by atoms with Crippen molar-refractivity contribution < 1.29 is 14.6 Å². The number of benzene rings is 1. The van der Waals surface area contributed by atoms with Crippen LogP contribution in [0.2, 0.25) is 0 Å². The normalized spacial score (nSPS) is 11.3. The van der Waals surface area contributed by atoms with Gasteiger partial charge in [0.1, 0.15) is 10.5 Å². The molecule has 0 aliphatic rings. The highest BCUT2D eigenvalue weighted by Crippen LogP contribution is 2.36. The molecule has 0 bridgehead atoms. The van der Waals surface area contributed by atoms with Gasteiger partial charge in [0.15, 0.2) is 0 Å². The van der Waals surface area contributed by atoms with Gasteiger partial charge in [0.25, 0.3) is 0 Å². The number of esters is 1. The van der Waals surface area contributed by atoms with Gasteiger partial charge in [-0.25, -0.2) is 0 Å². The fourth-order valence-electron chi connectivity index (χ4n) is 1.37. The Hall–Kier alpha value is -1.16. The zero-order valence-electron chi connectivity index (χ0n) is 10.6. The lowest BCUT2D eigenvalue weighted by Gasteiger charge is -2.22. The molecule has 0 atom stereocenters. The van der Waals surface area contributed by atoms with Crippen LogP contribution in [0.4, 0.5) is 0 Å². The Balaban J connectivity index is 2.86. The van der Waals surface area contributed by atoms with Crippen molar-refractivity contribution in [3.05, 3.63) is 23.8 Å². The van der Waals surface area contributed by atoms with Crippen molar-refractivity contribution in [3.63, 3.8) is 0 Å². The molecule has 94 valence electrons. The second-order valence-corrected chi connectivity index (χ2v) is 5.95. The number of aromatic hydroxyl groups is 1. The van der Waals surface area contributed by atoms with E-state index in [0.29, 0.717) is 6.61 Å². The van der Waals surface area contributed by atoms with Gasteiger partial charge >= 0.3 is 5.97 Å². The fraction of sp³-hybridized carbons (Fsp3) is 0.462. The smallest absolute Gasteiger partial charge is 0.321 e. The molecule has 17 heavy (non-hydrogen) atoms. The van der Waals surface area contributed by atoms with Gasteiger partial charge in [0.05, 0.1) is 6.61 Å². The third-order valence-electron chi connectivity index (χ3n) is 2.29. The van der Waals surface area contributed by atoms with Crippen molar-refractivity contribution in [1.29, 1.82) is 0 Å². The van der Waals surface area contributed by atoms with Crippen LogP contribution in [0, 0.1) is 6.92 Å². The monoisotopic (exact) mass is 254 g/mol. The highest BCUT2D eigenvalue weighted by Gasteiger charge is 2.30. The molecule has 0 aliphatic carbocycles. The molecule has 0 aliphatic heterocycles. The Bertz CT molecular complexity index is 413. The molecule has 4 heteroatoms. The van der Waals surface area contributed by atoms with E-state index in [1.807, 2.05) is 26.8 Å². The van der Waals surface area contributed by atoms with Gasteiger partial charge in [-0.2, -0.15) is 0 Å². The summed E-state index contributed by atoms with van der Waals surface area (Å²) in [5.74, 6) is 0.0123. The lowest BCUT2D eigenvalue weighted by Crippen LogP contribution is -2.30. The van der Waals surface area contributed by atoms with Crippen LogP contribution in [0.3, 0.4) is 0 Å². The maximum atomic E-state index is 11.8. The molecule has 1 N–H and O–H groups in total. The SMILES string of the molecule is CCOC(=O)C(C)(C)Sc1ccc(O)cc1C. The first kappa shape index (κ1) is 13.9. The van der Waals surface area contributed by atoms with Crippen LogP contribution in [0.1, 0.15) is 26.3 Å². The molecular weight excluding hydrogens is 236 g/mol. The maximum absolute atomic E-state index is 11.8. The predicted molar refractivity (Wildman–Crippen MR) is 69.4 cm³/mol. The summed E-state index contributed by atoms with van der Waals surface area (Å²) >= 11 is 1.44. The van der Waals surface area contributed by atoms with Crippen LogP contribution in [-0.4, -0.2) is 22.4 Å². The molecule has 0 heterocycles. The number of hydrogen-bond acceptors (Lipinski definition) is 4. The summed E-state index contributed by atoms with van der Waals surface area (Å²) in [6, 6.07) is 5.12. The lowest BCUT2D eigenvalue weighted by molar-refractivity contribution is -0.145. The Labute approximate surface area is 106 Å². The summed E-state index contributed by atoms with van der Waals surface area (Å²) < 4.78 is 4.41. The summed E-state index contributed by atoms with van der Waals surface area (Å²) in [4.78, 5) is 12.7. The number of ether oxygens (including phenoxy) is 1. The number of aryl methyl sites for hydroxylation is 1. The van der Waals surface area contributed by atoms with Gasteiger partial charge in [-0.3, -0.25) is 4.79 Å². The predicted octanol–water partition coefficient (Wildman–Crippen LogP) is 3.13. The van der Waals surface area contributed by atoms with E-state index in [2.05, 4.69) is 0 Å². The van der Waals surface area contributed by atoms with Gasteiger partial charge in [-0.15, -0.1) is 11.8 Å². The Morgan fingerprint density at radius 3 is 2.65 bits per heavy atom. The molecule has 0 saturated heterocycles. The molecule has 0 fully saturated rings. The number of hydrogen-bond donors (Lipinski definition) is 1. The summed E-state index contributed by atoms with van der Waals surface area (Å²) in [6.45, 7) is 7.76. The molecule has 1 rings (SSSR count). The summed E-state index contributed by atoms with van der Waals surface area (Å²) in [6.07, 6.45) is 0. The maximum Gasteiger partial charge on any atom is 0.321 e. The standard InChI is InChI=1S/C13H18O3S/c1-5-16-12(15)13(3,4)17-11-7-6-10(14)8-9(11)2/h6-8,14H,5H2,1-4H3. The summed E-state index contributed by atoms with van der Waals surface area (Å²) in [5, 5.41) is 9.33. The molecule has 0 saturated carbocycles. The number of thioether (sulfide) groups is 1. The van der Waals surface area contributed by atoms with Gasteiger partial charge in [-0.05, 0) is 51.5 Å². The summed E-state index contributed by atoms with van der Waals surface area (Å²) in [5.41, 5.74) is 0.951. The van der Waals surface area contributed by atoms with E-state index in [-0.39, 0.29) is 11.7 Å².